The number of nitrogens with one attached hydrogen (secondary N) is 1. The van der Waals surface area contributed by atoms with E-state index in [1.165, 1.54) is 6.34 Å². The molecule has 3 aliphatic rings. The van der Waals surface area contributed by atoms with E-state index in [0.717, 1.165) is 31.8 Å². The van der Waals surface area contributed by atoms with Crippen LogP contribution in [0, 0.1) is 0 Å². The Morgan fingerprint density at radius 3 is 3.28 bits per heavy atom. The lowest BCUT2D eigenvalue weighted by atomic mass is 10.2. The van der Waals surface area contributed by atoms with Gasteiger partial charge in [-0.1, -0.05) is 6.08 Å². The van der Waals surface area contributed by atoms with Crippen LogP contribution < -0.4 is 11.1 Å². The summed E-state index contributed by atoms with van der Waals surface area (Å²) in [4.78, 5) is 17.5. The van der Waals surface area contributed by atoms with E-state index in [9.17, 15) is 4.79 Å². The maximum Gasteiger partial charge on any atom is 0.234 e. The largest absolute Gasteiger partial charge is 0.382 e. The number of fused-ring (bicyclic) bond motifs is 1. The summed E-state index contributed by atoms with van der Waals surface area (Å²) < 4.78 is 0. The summed E-state index contributed by atoms with van der Waals surface area (Å²) in [6, 6.07) is 0.246. The van der Waals surface area contributed by atoms with Crippen molar-refractivity contribution in [2.24, 2.45) is 15.8 Å². The van der Waals surface area contributed by atoms with Crippen molar-refractivity contribution in [3.05, 3.63) is 11.8 Å². The minimum Gasteiger partial charge on any atom is -0.382 e. The van der Waals surface area contributed by atoms with E-state index in [1.807, 2.05) is 5.01 Å². The molecule has 7 nitrogen and oxygen atoms in total. The Hall–Kier alpha value is -1.89. The van der Waals surface area contributed by atoms with Crippen LogP contribution in [0.5, 0.6) is 0 Å². The summed E-state index contributed by atoms with van der Waals surface area (Å²) in [5, 5.41) is 8.99. The van der Waals surface area contributed by atoms with Gasteiger partial charge in [0.25, 0.3) is 0 Å². The van der Waals surface area contributed by atoms with Gasteiger partial charge >= 0.3 is 0 Å². The lowest BCUT2D eigenvalue weighted by Crippen LogP contribution is -2.51. The molecule has 0 radical (unpaired) electrons. The average molecular weight is 248 g/mol. The quantitative estimate of drug-likeness (QED) is 0.635. The Bertz CT molecular complexity index is 454. The second-order valence-corrected chi connectivity index (χ2v) is 4.65. The average Bonchev–Trinajstić information content (AvgIpc) is 2.74. The lowest BCUT2D eigenvalue weighted by Gasteiger charge is -2.32. The van der Waals surface area contributed by atoms with Gasteiger partial charge in [0.05, 0.1) is 18.3 Å². The van der Waals surface area contributed by atoms with Crippen molar-refractivity contribution in [3.8, 4) is 0 Å². The number of carbonyl (C=O) groups excluding carboxylic acids is 1. The molecule has 0 aromatic rings. The predicted molar refractivity (Wildman–Crippen MR) is 67.9 cm³/mol. The molecular weight excluding hydrogens is 232 g/mol. The Morgan fingerprint density at radius 2 is 2.44 bits per heavy atom. The molecule has 96 valence electrons. The molecule has 3 heterocycles. The van der Waals surface area contributed by atoms with Crippen LogP contribution in [0.4, 0.5) is 0 Å². The summed E-state index contributed by atoms with van der Waals surface area (Å²) in [5.41, 5.74) is 6.70. The highest BCUT2D eigenvalue weighted by Gasteiger charge is 2.31. The molecule has 1 saturated heterocycles. The third kappa shape index (κ3) is 1.97. The molecule has 0 saturated carbocycles. The smallest absolute Gasteiger partial charge is 0.234 e. The molecule has 0 bridgehead atoms. The van der Waals surface area contributed by atoms with Gasteiger partial charge in [-0.15, -0.1) is 0 Å². The molecule has 3 N–H and O–H groups in total. The number of hydrogen-bond donors (Lipinski definition) is 2. The van der Waals surface area contributed by atoms with E-state index in [2.05, 4.69) is 26.4 Å². The molecule has 1 unspecified atom stereocenters. The highest BCUT2D eigenvalue weighted by atomic mass is 16.2. The number of hydrazone groups is 1. The molecule has 3 aliphatic heterocycles. The van der Waals surface area contributed by atoms with Crippen molar-refractivity contribution in [1.82, 2.24) is 15.2 Å². The summed E-state index contributed by atoms with van der Waals surface area (Å²) in [5.74, 6) is 0.611. The zero-order valence-electron chi connectivity index (χ0n) is 10.0. The number of piperazine rings is 1. The van der Waals surface area contributed by atoms with E-state index >= 15 is 0 Å². The molecule has 0 aliphatic carbocycles. The van der Waals surface area contributed by atoms with Crippen LogP contribution in [0.2, 0.25) is 0 Å². The summed E-state index contributed by atoms with van der Waals surface area (Å²) in [7, 11) is 0. The van der Waals surface area contributed by atoms with E-state index < -0.39 is 0 Å². The van der Waals surface area contributed by atoms with Crippen LogP contribution >= 0.6 is 0 Å². The van der Waals surface area contributed by atoms with Crippen molar-refractivity contribution in [1.29, 1.82) is 0 Å². The number of hydrogen-bond acceptors (Lipinski definition) is 6. The van der Waals surface area contributed by atoms with Crippen molar-refractivity contribution in [2.45, 2.75) is 12.5 Å². The first kappa shape index (κ1) is 11.2. The topological polar surface area (TPSA) is 86.3 Å². The lowest BCUT2D eigenvalue weighted by molar-refractivity contribution is -0.124. The van der Waals surface area contributed by atoms with Crippen LogP contribution in [-0.4, -0.2) is 60.2 Å². The third-order valence-corrected chi connectivity index (χ3v) is 3.40. The zero-order chi connectivity index (χ0) is 12.5. The molecule has 1 atom stereocenters. The van der Waals surface area contributed by atoms with Gasteiger partial charge in [0, 0.05) is 19.6 Å². The fraction of sp³-hybridized carbons (Fsp3) is 0.545. The molecule has 18 heavy (non-hydrogen) atoms. The summed E-state index contributed by atoms with van der Waals surface area (Å²) >= 11 is 0. The van der Waals surface area contributed by atoms with Crippen molar-refractivity contribution >= 4 is 18.1 Å². The Balaban J connectivity index is 1.64. The first-order chi connectivity index (χ1) is 8.74. The van der Waals surface area contributed by atoms with Gasteiger partial charge in [0.15, 0.2) is 5.84 Å². The van der Waals surface area contributed by atoms with Crippen LogP contribution in [0.3, 0.4) is 0 Å². The number of rotatable bonds is 2. The molecule has 0 aromatic heterocycles. The number of nitrogens with two attached hydrogens (primary N) is 1. The number of aliphatic imine (C=N–C) groups is 1. The van der Waals surface area contributed by atoms with Gasteiger partial charge in [0.2, 0.25) is 5.91 Å². The highest BCUT2D eigenvalue weighted by molar-refractivity contribution is 6.02. The Morgan fingerprint density at radius 1 is 1.56 bits per heavy atom. The first-order valence-electron chi connectivity index (χ1n) is 6.08. The van der Waals surface area contributed by atoms with Crippen LogP contribution in [0.15, 0.2) is 21.9 Å². The van der Waals surface area contributed by atoms with Gasteiger partial charge < -0.3 is 11.1 Å². The molecule has 1 amide bonds. The van der Waals surface area contributed by atoms with Crippen molar-refractivity contribution in [2.75, 3.05) is 26.2 Å². The third-order valence-electron chi connectivity index (χ3n) is 3.40. The SMILES string of the molecule is NC1=NC=NN2C1=CCC2CN1CCNC(=O)C1. The summed E-state index contributed by atoms with van der Waals surface area (Å²) in [6.45, 7) is 2.89. The maximum atomic E-state index is 11.3. The number of carbonyl (C=O) groups is 1. The Kier molecular flexibility index (Phi) is 2.75. The fourth-order valence-corrected chi connectivity index (χ4v) is 2.52. The van der Waals surface area contributed by atoms with Gasteiger partial charge in [-0.25, -0.2) is 4.99 Å². The standard InChI is InChI=1S/C11H16N6O/c12-11-9-2-1-8(17(9)15-7-14-11)5-16-4-3-13-10(18)6-16/h2,7-8H,1,3-6H2,(H,13,18)(H2,12,14,15). The molecule has 7 heteroatoms. The number of nitrogens with zero attached hydrogens (tertiary/aromatic N) is 4. The van der Waals surface area contributed by atoms with Crippen LogP contribution in [-0.2, 0) is 4.79 Å². The molecule has 0 spiro atoms. The normalized spacial score (nSPS) is 27.7. The van der Waals surface area contributed by atoms with Crippen molar-refractivity contribution in [3.63, 3.8) is 0 Å². The second kappa shape index (κ2) is 4.41. The van der Waals surface area contributed by atoms with Crippen molar-refractivity contribution < 1.29 is 4.79 Å². The van der Waals surface area contributed by atoms with Crippen LogP contribution in [0.25, 0.3) is 0 Å². The van der Waals surface area contributed by atoms with E-state index in [1.54, 1.807) is 0 Å². The van der Waals surface area contributed by atoms with Gasteiger partial charge in [0.1, 0.15) is 6.34 Å². The predicted octanol–water partition coefficient (Wildman–Crippen LogP) is -1.31. The van der Waals surface area contributed by atoms with E-state index in [-0.39, 0.29) is 11.9 Å². The first-order valence-corrected chi connectivity index (χ1v) is 6.08. The molecular formula is C11H16N6O. The molecule has 0 aromatic carbocycles. The van der Waals surface area contributed by atoms with Gasteiger partial charge in [-0.2, -0.15) is 5.10 Å². The number of amidine groups is 1. The number of amides is 1. The highest BCUT2D eigenvalue weighted by Crippen LogP contribution is 2.24. The second-order valence-electron chi connectivity index (χ2n) is 4.65. The fourth-order valence-electron chi connectivity index (χ4n) is 2.52. The summed E-state index contributed by atoms with van der Waals surface area (Å²) in [6.07, 6.45) is 4.43. The maximum absolute atomic E-state index is 11.3. The monoisotopic (exact) mass is 248 g/mol. The minimum atomic E-state index is 0.0932. The zero-order valence-corrected chi connectivity index (χ0v) is 10.0. The van der Waals surface area contributed by atoms with Gasteiger partial charge in [-0.05, 0) is 6.42 Å². The van der Waals surface area contributed by atoms with Crippen LogP contribution in [0.1, 0.15) is 6.42 Å². The molecule has 1 fully saturated rings. The molecule has 3 rings (SSSR count). The Labute approximate surface area is 105 Å². The van der Waals surface area contributed by atoms with E-state index in [0.29, 0.717) is 12.4 Å². The van der Waals surface area contributed by atoms with Gasteiger partial charge in [-0.3, -0.25) is 14.7 Å². The minimum absolute atomic E-state index is 0.0932. The van der Waals surface area contributed by atoms with E-state index in [4.69, 9.17) is 5.73 Å².